The van der Waals surface area contributed by atoms with Crippen molar-refractivity contribution < 1.29 is 19.1 Å². The molecule has 2 amide bonds. The lowest BCUT2D eigenvalue weighted by Gasteiger charge is -2.32. The van der Waals surface area contributed by atoms with E-state index in [1.54, 1.807) is 12.0 Å². The first-order valence-corrected chi connectivity index (χ1v) is 7.35. The molecule has 0 aromatic carbocycles. The minimum atomic E-state index is -1.05. The van der Waals surface area contributed by atoms with Gasteiger partial charge in [-0.25, -0.2) is 0 Å². The highest BCUT2D eigenvalue weighted by molar-refractivity contribution is 6.53. The Hall–Kier alpha value is -0.560. The maximum absolute atomic E-state index is 11.8. The van der Waals surface area contributed by atoms with Gasteiger partial charge >= 0.3 is 0 Å². The SMILES string of the molecule is COCCOCC(=O)N1CCC(NC(=O)C(Cl)Cl)CC1. The minimum Gasteiger partial charge on any atom is -0.382 e. The van der Waals surface area contributed by atoms with Gasteiger partial charge in [-0.05, 0) is 12.8 Å². The summed E-state index contributed by atoms with van der Waals surface area (Å²) in [4.78, 5) is 23.8. The maximum Gasteiger partial charge on any atom is 0.253 e. The smallest absolute Gasteiger partial charge is 0.253 e. The van der Waals surface area contributed by atoms with Gasteiger partial charge in [0.2, 0.25) is 5.91 Å². The molecule has 1 aliphatic heterocycles. The van der Waals surface area contributed by atoms with Crippen molar-refractivity contribution in [3.05, 3.63) is 0 Å². The van der Waals surface area contributed by atoms with Crippen LogP contribution < -0.4 is 5.32 Å². The minimum absolute atomic E-state index is 0.0148. The van der Waals surface area contributed by atoms with Crippen molar-refractivity contribution in [2.45, 2.75) is 23.7 Å². The van der Waals surface area contributed by atoms with Crippen LogP contribution in [0.1, 0.15) is 12.8 Å². The second kappa shape index (κ2) is 9.39. The molecular formula is C12H20Cl2N2O4. The van der Waals surface area contributed by atoms with Crippen molar-refractivity contribution in [1.82, 2.24) is 10.2 Å². The topological polar surface area (TPSA) is 67.9 Å². The Morgan fingerprint density at radius 1 is 1.30 bits per heavy atom. The Morgan fingerprint density at radius 3 is 2.50 bits per heavy atom. The molecule has 1 fully saturated rings. The van der Waals surface area contributed by atoms with Gasteiger partial charge in [0.25, 0.3) is 5.91 Å². The van der Waals surface area contributed by atoms with Gasteiger partial charge in [0.1, 0.15) is 6.61 Å². The summed E-state index contributed by atoms with van der Waals surface area (Å²) in [6, 6.07) is 0.0148. The fourth-order valence-corrected chi connectivity index (χ4v) is 2.06. The Morgan fingerprint density at radius 2 is 1.95 bits per heavy atom. The molecule has 0 bridgehead atoms. The number of methoxy groups -OCH3 is 1. The molecule has 0 spiro atoms. The van der Waals surface area contributed by atoms with E-state index >= 15 is 0 Å². The number of amides is 2. The van der Waals surface area contributed by atoms with Crippen LogP contribution >= 0.6 is 23.2 Å². The highest BCUT2D eigenvalue weighted by Crippen LogP contribution is 2.12. The van der Waals surface area contributed by atoms with Gasteiger partial charge in [-0.3, -0.25) is 9.59 Å². The zero-order valence-electron chi connectivity index (χ0n) is 11.4. The summed E-state index contributed by atoms with van der Waals surface area (Å²) >= 11 is 10.9. The van der Waals surface area contributed by atoms with E-state index in [9.17, 15) is 9.59 Å². The molecule has 6 nitrogen and oxygen atoms in total. The molecule has 0 saturated carbocycles. The molecule has 8 heteroatoms. The van der Waals surface area contributed by atoms with Crippen molar-refractivity contribution in [3.63, 3.8) is 0 Å². The third-order valence-electron chi connectivity index (χ3n) is 3.05. The number of likely N-dealkylation sites (tertiary alicyclic amines) is 1. The van der Waals surface area contributed by atoms with Crippen LogP contribution in [0.2, 0.25) is 0 Å². The number of nitrogens with zero attached hydrogens (tertiary/aromatic N) is 1. The van der Waals surface area contributed by atoms with E-state index in [2.05, 4.69) is 5.32 Å². The number of alkyl halides is 2. The first-order chi connectivity index (χ1) is 9.54. The molecule has 0 atom stereocenters. The second-order valence-corrected chi connectivity index (χ2v) is 5.61. The Kier molecular flexibility index (Phi) is 8.21. The van der Waals surface area contributed by atoms with Crippen LogP contribution in [0.4, 0.5) is 0 Å². The Bertz CT molecular complexity index is 321. The molecule has 0 aromatic rings. The summed E-state index contributed by atoms with van der Waals surface area (Å²) in [5.41, 5.74) is 0. The molecule has 0 aliphatic carbocycles. The standard InChI is InChI=1S/C12H20Cl2N2O4/c1-19-6-7-20-8-10(17)16-4-2-9(3-5-16)15-12(18)11(13)14/h9,11H,2-8H2,1H3,(H,15,18). The fourth-order valence-electron chi connectivity index (χ4n) is 1.93. The van der Waals surface area contributed by atoms with Crippen molar-refractivity contribution >= 4 is 35.0 Å². The number of nitrogens with one attached hydrogen (secondary N) is 1. The molecule has 20 heavy (non-hydrogen) atoms. The normalized spacial score (nSPS) is 16.5. The zero-order chi connectivity index (χ0) is 15.0. The highest BCUT2D eigenvalue weighted by atomic mass is 35.5. The summed E-state index contributed by atoms with van der Waals surface area (Å²) in [5, 5.41) is 2.75. The van der Waals surface area contributed by atoms with E-state index in [1.807, 2.05) is 0 Å². The largest absolute Gasteiger partial charge is 0.382 e. The van der Waals surface area contributed by atoms with Crippen molar-refractivity contribution in [1.29, 1.82) is 0 Å². The van der Waals surface area contributed by atoms with E-state index in [0.717, 1.165) is 0 Å². The van der Waals surface area contributed by atoms with Gasteiger partial charge < -0.3 is 19.7 Å². The summed E-state index contributed by atoms with van der Waals surface area (Å²) in [7, 11) is 1.58. The summed E-state index contributed by atoms with van der Waals surface area (Å²) in [5.74, 6) is -0.431. The van der Waals surface area contributed by atoms with E-state index in [1.165, 1.54) is 0 Å². The predicted octanol–water partition coefficient (Wildman–Crippen LogP) is 0.560. The number of halogens is 2. The second-order valence-electron chi connectivity index (χ2n) is 4.51. The first-order valence-electron chi connectivity index (χ1n) is 6.47. The fraction of sp³-hybridized carbons (Fsp3) is 0.833. The van der Waals surface area contributed by atoms with Crippen LogP contribution in [-0.4, -0.2) is 67.6 Å². The lowest BCUT2D eigenvalue weighted by Crippen LogP contribution is -2.48. The van der Waals surface area contributed by atoms with Gasteiger partial charge in [0.05, 0.1) is 13.2 Å². The molecule has 116 valence electrons. The third kappa shape index (κ3) is 6.26. The van der Waals surface area contributed by atoms with Crippen LogP contribution in [0.15, 0.2) is 0 Å². The lowest BCUT2D eigenvalue weighted by atomic mass is 10.1. The van der Waals surface area contributed by atoms with Crippen LogP contribution in [0.5, 0.6) is 0 Å². The number of carbonyl (C=O) groups is 2. The Labute approximate surface area is 128 Å². The van der Waals surface area contributed by atoms with Gasteiger partial charge in [0.15, 0.2) is 4.84 Å². The van der Waals surface area contributed by atoms with Gasteiger partial charge in [-0.15, -0.1) is 0 Å². The summed E-state index contributed by atoms with van der Waals surface area (Å²) in [6.07, 6.45) is 1.38. The average molecular weight is 327 g/mol. The molecule has 1 heterocycles. The monoisotopic (exact) mass is 326 g/mol. The zero-order valence-corrected chi connectivity index (χ0v) is 13.0. The number of hydrogen-bond donors (Lipinski definition) is 1. The van der Waals surface area contributed by atoms with Crippen LogP contribution in [0.25, 0.3) is 0 Å². The first kappa shape index (κ1) is 17.5. The molecule has 1 saturated heterocycles. The van der Waals surface area contributed by atoms with Gasteiger partial charge in [0, 0.05) is 26.2 Å². The average Bonchev–Trinajstić information content (AvgIpc) is 2.44. The number of hydrogen-bond acceptors (Lipinski definition) is 4. The van der Waals surface area contributed by atoms with Crippen molar-refractivity contribution in [2.75, 3.05) is 40.0 Å². The molecule has 0 radical (unpaired) electrons. The van der Waals surface area contributed by atoms with Gasteiger partial charge in [-0.2, -0.15) is 0 Å². The molecule has 0 aromatic heterocycles. The van der Waals surface area contributed by atoms with Crippen LogP contribution in [0, 0.1) is 0 Å². The molecule has 1 aliphatic rings. The van der Waals surface area contributed by atoms with E-state index in [4.69, 9.17) is 32.7 Å². The molecular weight excluding hydrogens is 307 g/mol. The third-order valence-corrected chi connectivity index (χ3v) is 3.45. The van der Waals surface area contributed by atoms with Crippen molar-refractivity contribution in [3.8, 4) is 0 Å². The van der Waals surface area contributed by atoms with Crippen molar-refractivity contribution in [2.24, 2.45) is 0 Å². The predicted molar refractivity (Wildman–Crippen MR) is 75.9 cm³/mol. The van der Waals surface area contributed by atoms with E-state index in [0.29, 0.717) is 39.1 Å². The van der Waals surface area contributed by atoms with Crippen LogP contribution in [-0.2, 0) is 19.1 Å². The summed E-state index contributed by atoms with van der Waals surface area (Å²) < 4.78 is 10.0. The number of rotatable bonds is 7. The maximum atomic E-state index is 11.8. The van der Waals surface area contributed by atoms with Crippen LogP contribution in [0.3, 0.4) is 0 Å². The number of carbonyl (C=O) groups excluding carboxylic acids is 2. The Balaban J connectivity index is 2.21. The molecule has 1 N–H and O–H groups in total. The van der Waals surface area contributed by atoms with E-state index < -0.39 is 4.84 Å². The number of piperidine rings is 1. The lowest BCUT2D eigenvalue weighted by molar-refractivity contribution is -0.137. The van der Waals surface area contributed by atoms with E-state index in [-0.39, 0.29) is 24.5 Å². The summed E-state index contributed by atoms with van der Waals surface area (Å²) in [6.45, 7) is 2.12. The molecule has 1 rings (SSSR count). The molecule has 0 unspecified atom stereocenters. The highest BCUT2D eigenvalue weighted by Gasteiger charge is 2.25. The quantitative estimate of drug-likeness (QED) is 0.548. The van der Waals surface area contributed by atoms with Gasteiger partial charge in [-0.1, -0.05) is 23.2 Å². The number of ether oxygens (including phenoxy) is 2.